The zero-order valence-corrected chi connectivity index (χ0v) is 8.39. The summed E-state index contributed by atoms with van der Waals surface area (Å²) in [4.78, 5) is 4.53. The number of allylic oxidation sites excluding steroid dienone is 5. The van der Waals surface area contributed by atoms with Gasteiger partial charge in [0, 0.05) is 12.0 Å². The van der Waals surface area contributed by atoms with Crippen molar-refractivity contribution >= 4 is 5.71 Å². The van der Waals surface area contributed by atoms with Gasteiger partial charge in [0.15, 0.2) is 0 Å². The van der Waals surface area contributed by atoms with E-state index in [2.05, 4.69) is 44.3 Å². The minimum atomic E-state index is 0.863. The number of fused-ring (bicyclic) bond motifs is 1. The molecule has 0 spiro atoms. The molecule has 1 aliphatic carbocycles. The van der Waals surface area contributed by atoms with E-state index in [-0.39, 0.29) is 0 Å². The maximum absolute atomic E-state index is 4.53. The Balaban J connectivity index is 2.56. The van der Waals surface area contributed by atoms with Gasteiger partial charge in [0.25, 0.3) is 0 Å². The van der Waals surface area contributed by atoms with E-state index < -0.39 is 0 Å². The number of hydrogen-bond donors (Lipinski definition) is 0. The summed E-state index contributed by atoms with van der Waals surface area (Å²) in [6.45, 7) is 7.36. The molecule has 1 nitrogen and oxygen atoms in total. The third-order valence-corrected chi connectivity index (χ3v) is 2.75. The molecule has 2 rings (SSSR count). The van der Waals surface area contributed by atoms with Crippen molar-refractivity contribution in [1.29, 1.82) is 0 Å². The van der Waals surface area contributed by atoms with Crippen LogP contribution < -0.4 is 0 Å². The SMILES string of the molecule is CC1=C2C(=NCC(C)=C2C)[CH]C=C1. The van der Waals surface area contributed by atoms with Crippen LogP contribution in [0.3, 0.4) is 0 Å². The number of dihydropyridines is 1. The normalized spacial score (nSPS) is 21.9. The van der Waals surface area contributed by atoms with Crippen LogP contribution in [-0.2, 0) is 0 Å². The quantitative estimate of drug-likeness (QED) is 0.532. The summed E-state index contributed by atoms with van der Waals surface area (Å²) in [5, 5.41) is 0. The van der Waals surface area contributed by atoms with Crippen LogP contribution >= 0.6 is 0 Å². The molecule has 0 saturated carbocycles. The second-order valence-electron chi connectivity index (χ2n) is 3.69. The van der Waals surface area contributed by atoms with Crippen LogP contribution in [0.2, 0.25) is 0 Å². The van der Waals surface area contributed by atoms with E-state index in [1.807, 2.05) is 0 Å². The van der Waals surface area contributed by atoms with Crippen molar-refractivity contribution in [2.45, 2.75) is 20.8 Å². The highest BCUT2D eigenvalue weighted by atomic mass is 14.8. The first-order valence-corrected chi connectivity index (χ1v) is 4.64. The molecule has 0 amide bonds. The van der Waals surface area contributed by atoms with E-state index in [1.54, 1.807) is 0 Å². The Morgan fingerprint density at radius 3 is 2.77 bits per heavy atom. The van der Waals surface area contributed by atoms with Gasteiger partial charge in [0.2, 0.25) is 0 Å². The van der Waals surface area contributed by atoms with Crippen molar-refractivity contribution in [1.82, 2.24) is 0 Å². The monoisotopic (exact) mass is 172 g/mol. The summed E-state index contributed by atoms with van der Waals surface area (Å²) in [5.41, 5.74) is 6.62. The lowest BCUT2D eigenvalue weighted by atomic mass is 9.87. The van der Waals surface area contributed by atoms with Crippen LogP contribution in [0.15, 0.2) is 39.4 Å². The van der Waals surface area contributed by atoms with Gasteiger partial charge in [0.05, 0.1) is 12.3 Å². The minimum absolute atomic E-state index is 0.863. The van der Waals surface area contributed by atoms with Crippen molar-refractivity contribution in [2.24, 2.45) is 4.99 Å². The second kappa shape index (κ2) is 2.99. The fraction of sp³-hybridized carbons (Fsp3) is 0.333. The first-order valence-electron chi connectivity index (χ1n) is 4.64. The number of hydrogen-bond acceptors (Lipinski definition) is 1. The van der Waals surface area contributed by atoms with Crippen LogP contribution in [0.4, 0.5) is 0 Å². The Morgan fingerprint density at radius 1 is 1.23 bits per heavy atom. The predicted molar refractivity (Wildman–Crippen MR) is 56.8 cm³/mol. The molecular weight excluding hydrogens is 158 g/mol. The van der Waals surface area contributed by atoms with Gasteiger partial charge < -0.3 is 0 Å². The molecule has 0 saturated heterocycles. The van der Waals surface area contributed by atoms with Gasteiger partial charge in [-0.2, -0.15) is 0 Å². The fourth-order valence-corrected chi connectivity index (χ4v) is 1.81. The van der Waals surface area contributed by atoms with E-state index in [9.17, 15) is 0 Å². The maximum atomic E-state index is 4.53. The summed E-state index contributed by atoms with van der Waals surface area (Å²) < 4.78 is 0. The average molecular weight is 172 g/mol. The van der Waals surface area contributed by atoms with Crippen LogP contribution in [0, 0.1) is 6.42 Å². The van der Waals surface area contributed by atoms with Crippen LogP contribution in [-0.4, -0.2) is 12.3 Å². The van der Waals surface area contributed by atoms with Gasteiger partial charge in [-0.1, -0.05) is 12.2 Å². The van der Waals surface area contributed by atoms with Crippen LogP contribution in [0.5, 0.6) is 0 Å². The Kier molecular flexibility index (Phi) is 1.95. The molecule has 0 aromatic rings. The van der Waals surface area contributed by atoms with Gasteiger partial charge in [-0.15, -0.1) is 0 Å². The Labute approximate surface area is 79.6 Å². The molecule has 1 aliphatic heterocycles. The zero-order chi connectivity index (χ0) is 9.42. The molecule has 0 unspecified atom stereocenters. The first-order chi connectivity index (χ1) is 6.20. The smallest absolute Gasteiger partial charge is 0.0606 e. The first kappa shape index (κ1) is 8.49. The topological polar surface area (TPSA) is 12.4 Å². The Bertz CT molecular complexity index is 365. The number of rotatable bonds is 0. The molecule has 1 heterocycles. The van der Waals surface area contributed by atoms with Crippen LogP contribution in [0.25, 0.3) is 0 Å². The second-order valence-corrected chi connectivity index (χ2v) is 3.69. The molecule has 2 aliphatic rings. The third-order valence-electron chi connectivity index (χ3n) is 2.75. The van der Waals surface area contributed by atoms with Crippen LogP contribution in [0.1, 0.15) is 20.8 Å². The molecule has 67 valence electrons. The maximum Gasteiger partial charge on any atom is 0.0606 e. The average Bonchev–Trinajstić information content (AvgIpc) is 2.12. The van der Waals surface area contributed by atoms with Gasteiger partial charge in [-0.25, -0.2) is 0 Å². The molecule has 0 N–H and O–H groups in total. The predicted octanol–water partition coefficient (Wildman–Crippen LogP) is 2.87. The third kappa shape index (κ3) is 1.28. The Hall–Kier alpha value is -1.11. The van der Waals surface area contributed by atoms with Crippen molar-refractivity contribution in [3.63, 3.8) is 0 Å². The highest BCUT2D eigenvalue weighted by Gasteiger charge is 2.18. The molecule has 0 aromatic heterocycles. The summed E-state index contributed by atoms with van der Waals surface area (Å²) in [6, 6.07) is 0. The molecule has 0 fully saturated rings. The molecule has 1 heteroatoms. The lowest BCUT2D eigenvalue weighted by molar-refractivity contribution is 1.06. The largest absolute Gasteiger partial charge is 0.284 e. The van der Waals surface area contributed by atoms with Gasteiger partial charge in [-0.05, 0) is 37.5 Å². The molecule has 1 radical (unpaired) electrons. The van der Waals surface area contributed by atoms with Gasteiger partial charge >= 0.3 is 0 Å². The van der Waals surface area contributed by atoms with E-state index in [0.29, 0.717) is 0 Å². The molecular formula is C12H14N. The van der Waals surface area contributed by atoms with Crippen molar-refractivity contribution < 1.29 is 0 Å². The Morgan fingerprint density at radius 2 is 2.00 bits per heavy atom. The lowest BCUT2D eigenvalue weighted by Gasteiger charge is -2.22. The number of nitrogens with zero attached hydrogens (tertiary/aromatic N) is 1. The highest BCUT2D eigenvalue weighted by Crippen LogP contribution is 2.28. The summed E-state index contributed by atoms with van der Waals surface area (Å²) in [7, 11) is 0. The molecule has 13 heavy (non-hydrogen) atoms. The minimum Gasteiger partial charge on any atom is -0.284 e. The van der Waals surface area contributed by atoms with E-state index in [0.717, 1.165) is 12.3 Å². The van der Waals surface area contributed by atoms with E-state index >= 15 is 0 Å². The van der Waals surface area contributed by atoms with E-state index in [4.69, 9.17) is 0 Å². The molecule has 0 bridgehead atoms. The fourth-order valence-electron chi connectivity index (χ4n) is 1.81. The molecule has 0 aromatic carbocycles. The standard InChI is InChI=1S/C12H14N/c1-8-5-4-6-11-12(8)10(3)9(2)7-13-11/h4-6H,7H2,1-3H3. The van der Waals surface area contributed by atoms with Crippen molar-refractivity contribution in [3.8, 4) is 0 Å². The van der Waals surface area contributed by atoms with Gasteiger partial charge in [-0.3, -0.25) is 4.99 Å². The van der Waals surface area contributed by atoms with Crippen molar-refractivity contribution in [2.75, 3.05) is 6.54 Å². The zero-order valence-electron chi connectivity index (χ0n) is 8.39. The highest BCUT2D eigenvalue weighted by molar-refractivity contribution is 6.13. The summed E-state index contributed by atoms with van der Waals surface area (Å²) in [5.74, 6) is 0. The summed E-state index contributed by atoms with van der Waals surface area (Å²) in [6.07, 6.45) is 6.32. The molecule has 0 atom stereocenters. The number of aliphatic imine (C=N–C) groups is 1. The van der Waals surface area contributed by atoms with E-state index in [1.165, 1.54) is 22.3 Å². The lowest BCUT2D eigenvalue weighted by Crippen LogP contribution is -2.15. The van der Waals surface area contributed by atoms with Crippen molar-refractivity contribution in [3.05, 3.63) is 40.9 Å². The van der Waals surface area contributed by atoms with Gasteiger partial charge in [0.1, 0.15) is 0 Å². The summed E-state index contributed by atoms with van der Waals surface area (Å²) >= 11 is 0.